The van der Waals surface area contributed by atoms with E-state index in [2.05, 4.69) is 81.5 Å². The highest BCUT2D eigenvalue weighted by Crippen LogP contribution is 2.34. The summed E-state index contributed by atoms with van der Waals surface area (Å²) in [5.41, 5.74) is 3.26. The monoisotopic (exact) mass is 347 g/mol. The number of fused-ring (bicyclic) bond motifs is 4. The lowest BCUT2D eigenvalue weighted by atomic mass is 9.79. The molecule has 0 spiro atoms. The average Bonchev–Trinajstić information content (AvgIpc) is 3.06. The van der Waals surface area contributed by atoms with Crippen molar-refractivity contribution in [2.45, 2.75) is 31.8 Å². The highest BCUT2D eigenvalue weighted by Gasteiger charge is 2.39. The van der Waals surface area contributed by atoms with E-state index in [4.69, 9.17) is 0 Å². The van der Waals surface area contributed by atoms with Crippen LogP contribution in [0.4, 0.5) is 5.82 Å². The van der Waals surface area contributed by atoms with Gasteiger partial charge in [0.15, 0.2) is 0 Å². The Morgan fingerprint density at radius 3 is 2.62 bits per heavy atom. The van der Waals surface area contributed by atoms with Crippen molar-refractivity contribution >= 4 is 16.7 Å². The Hall–Kier alpha value is -2.40. The lowest BCUT2D eigenvalue weighted by Crippen LogP contribution is -2.59. The summed E-state index contributed by atoms with van der Waals surface area (Å²) in [6.07, 6.45) is 4.68. The van der Waals surface area contributed by atoms with Crippen LogP contribution in [0.15, 0.2) is 42.6 Å². The van der Waals surface area contributed by atoms with Crippen LogP contribution in [0.1, 0.15) is 19.8 Å². The van der Waals surface area contributed by atoms with Crippen LogP contribution >= 0.6 is 0 Å². The standard InChI is InChI=1S/C21H25N5/c1-14-21(15-8-11-26(14)12-9-15)22-20-6-4-18(23-24-20)16-3-5-19-17(13-16)7-10-25(19)2/h3-7,10,13-15,21H,8-9,11-12H2,1-2H3,(H,22,24)/t14-,21+/m1/s1. The molecule has 3 aliphatic heterocycles. The molecule has 0 saturated carbocycles. The van der Waals surface area contributed by atoms with Crippen molar-refractivity contribution in [2.75, 3.05) is 18.4 Å². The van der Waals surface area contributed by atoms with Gasteiger partial charge in [0.25, 0.3) is 0 Å². The molecule has 3 aromatic rings. The summed E-state index contributed by atoms with van der Waals surface area (Å²) in [4.78, 5) is 2.59. The Balaban J connectivity index is 1.36. The minimum absolute atomic E-state index is 0.485. The first-order valence-corrected chi connectivity index (χ1v) is 9.59. The number of hydrogen-bond acceptors (Lipinski definition) is 4. The fourth-order valence-electron chi connectivity index (χ4n) is 4.72. The maximum Gasteiger partial charge on any atom is 0.148 e. The van der Waals surface area contributed by atoms with Gasteiger partial charge in [-0.25, -0.2) is 0 Å². The second-order valence-electron chi connectivity index (χ2n) is 7.79. The number of aromatic nitrogens is 3. The smallest absolute Gasteiger partial charge is 0.148 e. The van der Waals surface area contributed by atoms with Crippen molar-refractivity contribution in [3.8, 4) is 11.3 Å². The Bertz CT molecular complexity index is 919. The third kappa shape index (κ3) is 2.58. The average molecular weight is 347 g/mol. The molecule has 5 heterocycles. The predicted molar refractivity (Wildman–Crippen MR) is 105 cm³/mol. The molecule has 2 bridgehead atoms. The van der Waals surface area contributed by atoms with Crippen LogP contribution in [0.3, 0.4) is 0 Å². The predicted octanol–water partition coefficient (Wildman–Crippen LogP) is 3.53. The first kappa shape index (κ1) is 15.8. The van der Waals surface area contributed by atoms with Gasteiger partial charge in [-0.1, -0.05) is 6.07 Å². The number of hydrogen-bond donors (Lipinski definition) is 1. The molecule has 0 aliphatic carbocycles. The van der Waals surface area contributed by atoms with Crippen molar-refractivity contribution in [3.05, 3.63) is 42.6 Å². The molecule has 3 fully saturated rings. The van der Waals surface area contributed by atoms with Crippen LogP contribution in [-0.4, -0.2) is 44.8 Å². The molecule has 0 unspecified atom stereocenters. The maximum atomic E-state index is 4.48. The normalized spacial score (nSPS) is 27.8. The van der Waals surface area contributed by atoms with Crippen LogP contribution in [0.25, 0.3) is 22.2 Å². The molecule has 1 aromatic carbocycles. The molecule has 2 aromatic heterocycles. The van der Waals surface area contributed by atoms with Crippen LogP contribution in [0.5, 0.6) is 0 Å². The number of benzene rings is 1. The number of aryl methyl sites for hydroxylation is 1. The first-order valence-electron chi connectivity index (χ1n) is 9.59. The summed E-state index contributed by atoms with van der Waals surface area (Å²) in [7, 11) is 2.07. The second kappa shape index (κ2) is 6.09. The van der Waals surface area contributed by atoms with Crippen LogP contribution in [-0.2, 0) is 7.05 Å². The van der Waals surface area contributed by atoms with Gasteiger partial charge in [0.05, 0.1) is 5.69 Å². The van der Waals surface area contributed by atoms with E-state index >= 15 is 0 Å². The fraction of sp³-hybridized carbons (Fsp3) is 0.429. The topological polar surface area (TPSA) is 46.0 Å². The van der Waals surface area contributed by atoms with Crippen molar-refractivity contribution < 1.29 is 0 Å². The number of nitrogens with one attached hydrogen (secondary N) is 1. The Morgan fingerprint density at radius 2 is 1.88 bits per heavy atom. The third-order valence-electron chi connectivity index (χ3n) is 6.34. The zero-order valence-electron chi connectivity index (χ0n) is 15.4. The van der Waals surface area contributed by atoms with E-state index in [1.807, 2.05) is 0 Å². The molecule has 3 saturated heterocycles. The first-order chi connectivity index (χ1) is 12.7. The SMILES string of the molecule is C[C@@H]1[C@H](Nc2ccc(-c3ccc4c(ccn4C)c3)nn2)C2CCN1CC2. The number of rotatable bonds is 3. The fourth-order valence-corrected chi connectivity index (χ4v) is 4.72. The van der Waals surface area contributed by atoms with Gasteiger partial charge in [-0.05, 0) is 69.1 Å². The lowest BCUT2D eigenvalue weighted by molar-refractivity contribution is 0.0457. The highest BCUT2D eigenvalue weighted by molar-refractivity contribution is 5.85. The molecule has 134 valence electrons. The van der Waals surface area contributed by atoms with Crippen molar-refractivity contribution in [3.63, 3.8) is 0 Å². The number of anilines is 1. The molecule has 5 heteroatoms. The molecule has 2 atom stereocenters. The van der Waals surface area contributed by atoms with Gasteiger partial charge >= 0.3 is 0 Å². The van der Waals surface area contributed by atoms with E-state index < -0.39 is 0 Å². The number of piperidine rings is 3. The molecular weight excluding hydrogens is 322 g/mol. The summed E-state index contributed by atoms with van der Waals surface area (Å²) in [6.45, 7) is 4.83. The zero-order chi connectivity index (χ0) is 17.7. The van der Waals surface area contributed by atoms with Gasteiger partial charge < -0.3 is 9.88 Å². The molecule has 26 heavy (non-hydrogen) atoms. The van der Waals surface area contributed by atoms with E-state index in [9.17, 15) is 0 Å². The molecule has 5 nitrogen and oxygen atoms in total. The quantitative estimate of drug-likeness (QED) is 0.787. The van der Waals surface area contributed by atoms with Gasteiger partial charge in [0.1, 0.15) is 5.82 Å². The van der Waals surface area contributed by atoms with Gasteiger partial charge in [-0.2, -0.15) is 0 Å². The maximum absolute atomic E-state index is 4.48. The number of nitrogens with zero attached hydrogens (tertiary/aromatic N) is 4. The van der Waals surface area contributed by atoms with Crippen LogP contribution in [0, 0.1) is 5.92 Å². The van der Waals surface area contributed by atoms with E-state index in [-0.39, 0.29) is 0 Å². The van der Waals surface area contributed by atoms with Gasteiger partial charge in [0, 0.05) is 41.8 Å². The molecule has 0 radical (unpaired) electrons. The van der Waals surface area contributed by atoms with Gasteiger partial charge in [-0.3, -0.25) is 4.90 Å². The van der Waals surface area contributed by atoms with E-state index in [0.29, 0.717) is 12.1 Å². The highest BCUT2D eigenvalue weighted by atomic mass is 15.2. The molecule has 6 rings (SSSR count). The Kier molecular flexibility index (Phi) is 3.71. The van der Waals surface area contributed by atoms with Crippen LogP contribution in [0.2, 0.25) is 0 Å². The summed E-state index contributed by atoms with van der Waals surface area (Å²) < 4.78 is 2.13. The van der Waals surface area contributed by atoms with Crippen molar-refractivity contribution in [1.29, 1.82) is 0 Å². The van der Waals surface area contributed by atoms with Gasteiger partial charge in [0.2, 0.25) is 0 Å². The largest absolute Gasteiger partial charge is 0.364 e. The summed E-state index contributed by atoms with van der Waals surface area (Å²) >= 11 is 0. The summed E-state index contributed by atoms with van der Waals surface area (Å²) in [6, 6.07) is 13.8. The minimum Gasteiger partial charge on any atom is -0.364 e. The van der Waals surface area contributed by atoms with Crippen molar-refractivity contribution in [2.24, 2.45) is 13.0 Å². The Morgan fingerprint density at radius 1 is 1.04 bits per heavy atom. The molecular formula is C21H25N5. The van der Waals surface area contributed by atoms with E-state index in [0.717, 1.165) is 23.0 Å². The zero-order valence-corrected chi connectivity index (χ0v) is 15.4. The van der Waals surface area contributed by atoms with Crippen molar-refractivity contribution in [1.82, 2.24) is 19.7 Å². The van der Waals surface area contributed by atoms with Crippen LogP contribution < -0.4 is 5.32 Å². The summed E-state index contributed by atoms with van der Waals surface area (Å²) in [5.74, 6) is 1.65. The molecule has 1 N–H and O–H groups in total. The third-order valence-corrected chi connectivity index (χ3v) is 6.34. The molecule has 3 aliphatic rings. The Labute approximate surface area is 154 Å². The van der Waals surface area contributed by atoms with E-state index in [1.165, 1.54) is 36.8 Å². The summed E-state index contributed by atoms with van der Waals surface area (Å²) in [5, 5.41) is 13.8. The second-order valence-corrected chi connectivity index (χ2v) is 7.79. The van der Waals surface area contributed by atoms with E-state index in [1.54, 1.807) is 0 Å². The molecule has 0 amide bonds. The minimum atomic E-state index is 0.485. The lowest BCUT2D eigenvalue weighted by Gasteiger charge is -2.50. The van der Waals surface area contributed by atoms with Gasteiger partial charge in [-0.15, -0.1) is 10.2 Å².